The number of rotatable bonds is 3. The molecule has 0 N–H and O–H groups in total. The highest BCUT2D eigenvalue weighted by atomic mass is 35.5. The number of alkyl halides is 6. The number of hydrogen-bond donors (Lipinski definition) is 0. The summed E-state index contributed by atoms with van der Waals surface area (Å²) in [6.45, 7) is 1.65. The van der Waals surface area contributed by atoms with E-state index in [4.69, 9.17) is 11.6 Å². The predicted molar refractivity (Wildman–Crippen MR) is 139 cm³/mol. The molecule has 2 fully saturated rings. The normalized spacial score (nSPS) is 19.3. The van der Waals surface area contributed by atoms with Crippen LogP contribution < -0.4 is 9.80 Å². The van der Waals surface area contributed by atoms with Gasteiger partial charge in [0.05, 0.1) is 33.7 Å². The largest absolute Gasteiger partial charge is 0.416 e. The number of piperidine rings is 1. The lowest BCUT2D eigenvalue weighted by Gasteiger charge is -2.44. The fourth-order valence-corrected chi connectivity index (χ4v) is 5.90. The minimum atomic E-state index is -5.08. The van der Waals surface area contributed by atoms with Crippen LogP contribution in [0, 0.1) is 0 Å². The van der Waals surface area contributed by atoms with Crippen molar-refractivity contribution in [2.24, 2.45) is 0 Å². The average molecular weight is 597 g/mol. The van der Waals surface area contributed by atoms with Crippen molar-refractivity contribution in [1.29, 1.82) is 0 Å². The summed E-state index contributed by atoms with van der Waals surface area (Å²) in [5.41, 5.74) is -3.92. The van der Waals surface area contributed by atoms with Crippen molar-refractivity contribution in [1.82, 2.24) is 9.88 Å². The molecule has 216 valence electrons. The summed E-state index contributed by atoms with van der Waals surface area (Å²) < 4.78 is 80.3. The van der Waals surface area contributed by atoms with Crippen molar-refractivity contribution < 1.29 is 35.9 Å². The van der Waals surface area contributed by atoms with Crippen LogP contribution >= 0.6 is 11.6 Å². The van der Waals surface area contributed by atoms with E-state index < -0.39 is 46.7 Å². The summed E-state index contributed by atoms with van der Waals surface area (Å²) in [6.07, 6.45) is -7.45. The van der Waals surface area contributed by atoms with Crippen molar-refractivity contribution in [3.8, 4) is 0 Å². The van der Waals surface area contributed by atoms with Crippen LogP contribution in [0.5, 0.6) is 0 Å². The molecule has 1 aromatic heterocycles. The Morgan fingerprint density at radius 2 is 1.56 bits per heavy atom. The number of benzene rings is 2. The van der Waals surface area contributed by atoms with E-state index in [-0.39, 0.29) is 37.9 Å². The second-order valence-electron chi connectivity index (χ2n) is 9.96. The first-order chi connectivity index (χ1) is 19.2. The highest BCUT2D eigenvalue weighted by Crippen LogP contribution is 2.46. The summed E-state index contributed by atoms with van der Waals surface area (Å²) in [5, 5.41) is 0.390. The maximum Gasteiger partial charge on any atom is 0.416 e. The number of carbonyl (C=O) groups excluding carboxylic acids is 2. The van der Waals surface area contributed by atoms with Gasteiger partial charge in [-0.05, 0) is 62.2 Å². The number of para-hydroxylation sites is 1. The van der Waals surface area contributed by atoms with Crippen LogP contribution in [-0.2, 0) is 17.1 Å². The zero-order valence-electron chi connectivity index (χ0n) is 21.5. The zero-order chi connectivity index (χ0) is 29.7. The maximum absolute atomic E-state index is 14.1. The van der Waals surface area contributed by atoms with Gasteiger partial charge in [-0.2, -0.15) is 26.3 Å². The monoisotopic (exact) mass is 596 g/mol. The van der Waals surface area contributed by atoms with E-state index in [1.807, 2.05) is 11.8 Å². The molecule has 1 unspecified atom stereocenters. The van der Waals surface area contributed by atoms with E-state index in [1.54, 1.807) is 53.7 Å². The summed E-state index contributed by atoms with van der Waals surface area (Å²) in [5.74, 6) is -1.26. The molecule has 1 atom stereocenters. The summed E-state index contributed by atoms with van der Waals surface area (Å²) in [4.78, 5) is 36.1. The molecule has 41 heavy (non-hydrogen) atoms. The zero-order valence-corrected chi connectivity index (χ0v) is 22.3. The van der Waals surface area contributed by atoms with E-state index in [2.05, 4.69) is 4.98 Å². The van der Waals surface area contributed by atoms with Gasteiger partial charge in [0.25, 0.3) is 11.8 Å². The number of nitrogens with zero attached hydrogens (tertiary/aromatic N) is 4. The van der Waals surface area contributed by atoms with Gasteiger partial charge in [0, 0.05) is 24.8 Å². The quantitative estimate of drug-likeness (QED) is 0.318. The van der Waals surface area contributed by atoms with Crippen molar-refractivity contribution >= 4 is 34.8 Å². The highest BCUT2D eigenvalue weighted by molar-refractivity contribution is 6.33. The van der Waals surface area contributed by atoms with Gasteiger partial charge in [-0.3, -0.25) is 19.5 Å². The molecular weight excluding hydrogens is 574 g/mol. The third-order valence-electron chi connectivity index (χ3n) is 7.57. The van der Waals surface area contributed by atoms with Gasteiger partial charge in [-0.25, -0.2) is 0 Å². The molecule has 3 heterocycles. The van der Waals surface area contributed by atoms with Crippen LogP contribution in [0.25, 0.3) is 0 Å². The number of amides is 2. The number of likely N-dealkylation sites (tertiary alicyclic amines) is 1. The third-order valence-corrected chi connectivity index (χ3v) is 7.89. The molecule has 1 spiro atoms. The maximum atomic E-state index is 14.1. The third kappa shape index (κ3) is 5.09. The minimum Gasteiger partial charge on any atom is -0.338 e. The molecule has 6 nitrogen and oxygen atoms in total. The highest BCUT2D eigenvalue weighted by Gasteiger charge is 2.58. The second-order valence-corrected chi connectivity index (χ2v) is 10.4. The van der Waals surface area contributed by atoms with Crippen molar-refractivity contribution in [3.63, 3.8) is 0 Å². The Bertz CT molecular complexity index is 1440. The van der Waals surface area contributed by atoms with Gasteiger partial charge in [0.2, 0.25) is 0 Å². The predicted octanol–water partition coefficient (Wildman–Crippen LogP) is 6.65. The Morgan fingerprint density at radius 1 is 0.951 bits per heavy atom. The van der Waals surface area contributed by atoms with Crippen molar-refractivity contribution in [3.05, 3.63) is 88.7 Å². The van der Waals surface area contributed by atoms with E-state index in [1.165, 1.54) is 4.90 Å². The van der Waals surface area contributed by atoms with Gasteiger partial charge < -0.3 is 9.80 Å². The van der Waals surface area contributed by atoms with Crippen LogP contribution in [0.3, 0.4) is 0 Å². The number of carbonyl (C=O) groups is 2. The van der Waals surface area contributed by atoms with E-state index in [0.29, 0.717) is 28.5 Å². The molecule has 13 heteroatoms. The SMILES string of the molecule is CC1N(c2cccnc2)C(=O)C2(CCN(C(=O)c3cc(C(F)(F)F)cc(C(F)(F)F)c3)CC2)N1c1ccccc1Cl. The van der Waals surface area contributed by atoms with Gasteiger partial charge in [0.15, 0.2) is 0 Å². The fourth-order valence-electron chi connectivity index (χ4n) is 5.67. The lowest BCUT2D eigenvalue weighted by molar-refractivity contribution is -0.143. The molecule has 2 saturated heterocycles. The molecule has 2 aromatic carbocycles. The first-order valence-electron chi connectivity index (χ1n) is 12.6. The molecule has 5 rings (SSSR count). The van der Waals surface area contributed by atoms with Crippen molar-refractivity contribution in [2.75, 3.05) is 22.9 Å². The fraction of sp³-hybridized carbons (Fsp3) is 0.321. The first-order valence-corrected chi connectivity index (χ1v) is 13.0. The van der Waals surface area contributed by atoms with Gasteiger partial charge in [-0.15, -0.1) is 0 Å². The Labute approximate surface area is 236 Å². The molecule has 2 aliphatic rings. The Hall–Kier alpha value is -3.80. The topological polar surface area (TPSA) is 56.8 Å². The van der Waals surface area contributed by atoms with E-state index in [0.717, 1.165) is 0 Å². The molecule has 3 aromatic rings. The molecule has 2 aliphatic heterocycles. The van der Waals surface area contributed by atoms with Gasteiger partial charge in [0.1, 0.15) is 11.7 Å². The molecule has 0 bridgehead atoms. The van der Waals surface area contributed by atoms with Crippen LogP contribution in [-0.4, -0.2) is 46.5 Å². The Balaban J connectivity index is 1.49. The molecule has 0 saturated carbocycles. The van der Waals surface area contributed by atoms with Crippen LogP contribution in [0.15, 0.2) is 67.0 Å². The van der Waals surface area contributed by atoms with E-state index >= 15 is 0 Å². The van der Waals surface area contributed by atoms with Crippen molar-refractivity contribution in [2.45, 2.75) is 43.8 Å². The summed E-state index contributed by atoms with van der Waals surface area (Å²) in [6, 6.07) is 11.2. The first kappa shape index (κ1) is 28.7. The van der Waals surface area contributed by atoms with Crippen LogP contribution in [0.2, 0.25) is 5.02 Å². The van der Waals surface area contributed by atoms with Gasteiger partial charge in [-0.1, -0.05) is 23.7 Å². The Kier molecular flexibility index (Phi) is 7.17. The molecule has 2 amide bonds. The van der Waals surface area contributed by atoms with Crippen LogP contribution in [0.4, 0.5) is 37.7 Å². The Morgan fingerprint density at radius 3 is 2.10 bits per heavy atom. The number of halogens is 7. The van der Waals surface area contributed by atoms with Crippen LogP contribution in [0.1, 0.15) is 41.3 Å². The van der Waals surface area contributed by atoms with E-state index in [9.17, 15) is 35.9 Å². The number of hydrogen-bond acceptors (Lipinski definition) is 4. The number of anilines is 2. The van der Waals surface area contributed by atoms with Gasteiger partial charge >= 0.3 is 12.4 Å². The summed E-state index contributed by atoms with van der Waals surface area (Å²) in [7, 11) is 0. The average Bonchev–Trinajstić information content (AvgIpc) is 3.13. The minimum absolute atomic E-state index is 0.0188. The lowest BCUT2D eigenvalue weighted by atomic mass is 9.85. The molecular formula is C28H23ClF6N4O2. The molecule has 0 radical (unpaired) electrons. The standard InChI is InChI=1S/C28H23ClF6N4O2/c1-17-38(21-5-4-10-36-16-21)25(41)26(39(17)23-7-3-2-6-22(23)29)8-11-37(12-9-26)24(40)18-13-19(27(30,31)32)15-20(14-18)28(33,34)35/h2-7,10,13-17H,8-9,11-12H2,1H3. The summed E-state index contributed by atoms with van der Waals surface area (Å²) >= 11 is 6.54. The smallest absolute Gasteiger partial charge is 0.338 e. The molecule has 0 aliphatic carbocycles. The second kappa shape index (κ2) is 10.2. The lowest BCUT2D eigenvalue weighted by Crippen LogP contribution is -2.58. The number of pyridine rings is 1. The number of aromatic nitrogens is 1.